The molecule has 0 radical (unpaired) electrons. The van der Waals surface area contributed by atoms with Gasteiger partial charge in [0.1, 0.15) is 11.2 Å². The fourth-order valence-corrected chi connectivity index (χ4v) is 8.46. The van der Waals surface area contributed by atoms with Crippen LogP contribution in [0.1, 0.15) is 0 Å². The Morgan fingerprint density at radius 3 is 1.48 bits per heavy atom. The third-order valence-electron chi connectivity index (χ3n) is 11.4. The van der Waals surface area contributed by atoms with Crippen LogP contribution in [0.4, 0.5) is 17.1 Å². The number of hydrogen-bond acceptors (Lipinski definition) is 2. The van der Waals surface area contributed by atoms with Gasteiger partial charge in [-0.15, -0.1) is 0 Å². The number of nitrogens with zero attached hydrogens (tertiary/aromatic N) is 1. The lowest BCUT2D eigenvalue weighted by molar-refractivity contribution is 0.670. The van der Waals surface area contributed by atoms with Crippen LogP contribution in [-0.4, -0.2) is 0 Å². The Bertz CT molecular complexity index is 3270. The minimum Gasteiger partial charge on any atom is -0.455 e. The largest absolute Gasteiger partial charge is 0.455 e. The summed E-state index contributed by atoms with van der Waals surface area (Å²) in [6.45, 7) is 0. The first-order valence-electron chi connectivity index (χ1n) is 19.8. The van der Waals surface area contributed by atoms with Gasteiger partial charge in [0.15, 0.2) is 0 Å². The monoisotopic (exact) mass is 739 g/mol. The van der Waals surface area contributed by atoms with Crippen LogP contribution in [0.3, 0.4) is 0 Å². The van der Waals surface area contributed by atoms with Gasteiger partial charge in [-0.1, -0.05) is 164 Å². The van der Waals surface area contributed by atoms with E-state index in [9.17, 15) is 0 Å². The smallest absolute Gasteiger partial charge is 0.143 e. The number of furan rings is 1. The summed E-state index contributed by atoms with van der Waals surface area (Å²) in [5, 5.41) is 7.13. The fraction of sp³-hybridized carbons (Fsp3) is 0. The topological polar surface area (TPSA) is 16.4 Å². The fourth-order valence-electron chi connectivity index (χ4n) is 8.46. The van der Waals surface area contributed by atoms with Crippen molar-refractivity contribution in [1.29, 1.82) is 0 Å². The minimum atomic E-state index is 0.850. The molecule has 11 aromatic rings. The molecule has 0 N–H and O–H groups in total. The summed E-state index contributed by atoms with van der Waals surface area (Å²) in [6.07, 6.45) is 0. The first-order chi connectivity index (χ1) is 28.7. The van der Waals surface area contributed by atoms with E-state index >= 15 is 0 Å². The van der Waals surface area contributed by atoms with Gasteiger partial charge in [-0.3, -0.25) is 0 Å². The molecule has 0 amide bonds. The van der Waals surface area contributed by atoms with Crippen LogP contribution in [0.2, 0.25) is 0 Å². The van der Waals surface area contributed by atoms with E-state index in [4.69, 9.17) is 4.42 Å². The Balaban J connectivity index is 1.11. The molecular formula is C56H37NO. The van der Waals surface area contributed by atoms with Crippen LogP contribution >= 0.6 is 0 Å². The third-order valence-corrected chi connectivity index (χ3v) is 11.4. The van der Waals surface area contributed by atoms with Crippen molar-refractivity contribution in [3.05, 3.63) is 224 Å². The molecule has 1 aromatic heterocycles. The van der Waals surface area contributed by atoms with Gasteiger partial charge in [0.25, 0.3) is 0 Å². The highest BCUT2D eigenvalue weighted by molar-refractivity contribution is 6.10. The average Bonchev–Trinajstić information content (AvgIpc) is 3.68. The predicted molar refractivity (Wildman–Crippen MR) is 245 cm³/mol. The van der Waals surface area contributed by atoms with Gasteiger partial charge in [0.2, 0.25) is 0 Å². The van der Waals surface area contributed by atoms with E-state index < -0.39 is 0 Å². The summed E-state index contributed by atoms with van der Waals surface area (Å²) in [5.74, 6) is 0. The van der Waals surface area contributed by atoms with E-state index in [0.29, 0.717) is 0 Å². The number of anilines is 3. The van der Waals surface area contributed by atoms with Crippen LogP contribution in [0.5, 0.6) is 0 Å². The van der Waals surface area contributed by atoms with Crippen LogP contribution < -0.4 is 4.90 Å². The Hall–Kier alpha value is -7.68. The van der Waals surface area contributed by atoms with Gasteiger partial charge < -0.3 is 9.32 Å². The number of benzene rings is 10. The Morgan fingerprint density at radius 2 is 0.810 bits per heavy atom. The summed E-state index contributed by atoms with van der Waals surface area (Å²) in [5.41, 5.74) is 14.1. The van der Waals surface area contributed by atoms with Crippen LogP contribution in [-0.2, 0) is 0 Å². The lowest BCUT2D eigenvalue weighted by Crippen LogP contribution is -2.10. The molecule has 58 heavy (non-hydrogen) atoms. The van der Waals surface area contributed by atoms with Gasteiger partial charge >= 0.3 is 0 Å². The van der Waals surface area contributed by atoms with E-state index in [1.807, 2.05) is 0 Å². The molecule has 2 nitrogen and oxygen atoms in total. The highest BCUT2D eigenvalue weighted by atomic mass is 16.3. The van der Waals surface area contributed by atoms with Crippen LogP contribution in [0, 0.1) is 0 Å². The van der Waals surface area contributed by atoms with Gasteiger partial charge in [-0.25, -0.2) is 0 Å². The van der Waals surface area contributed by atoms with E-state index in [0.717, 1.165) is 61.3 Å². The number of para-hydroxylation sites is 1. The average molecular weight is 740 g/mol. The number of fused-ring (bicyclic) bond motifs is 5. The second-order valence-corrected chi connectivity index (χ2v) is 15.0. The standard InChI is InChI=1S/C56H37NO/c1-3-12-38(13-4-1)47-34-48(46-25-23-40-15-8-10-19-44(40)33-46)36-51(35-47)57(49-28-26-41(27-29-49)45-24-22-39-14-7-9-18-43(39)32-45)50-30-31-53-54-21-11-20-52(42-16-5-2-6-17-42)56(54)58-55(53)37-50/h1-37H. The maximum Gasteiger partial charge on any atom is 0.143 e. The van der Waals surface area contributed by atoms with E-state index in [-0.39, 0.29) is 0 Å². The first kappa shape index (κ1) is 33.6. The maximum atomic E-state index is 6.81. The lowest BCUT2D eigenvalue weighted by Gasteiger charge is -2.27. The molecule has 0 unspecified atom stereocenters. The summed E-state index contributed by atoms with van der Waals surface area (Å²) in [7, 11) is 0. The molecule has 0 bridgehead atoms. The van der Waals surface area contributed by atoms with E-state index in [2.05, 4.69) is 229 Å². The number of rotatable bonds is 7. The van der Waals surface area contributed by atoms with Crippen molar-refractivity contribution in [2.75, 3.05) is 4.90 Å². The second-order valence-electron chi connectivity index (χ2n) is 15.0. The predicted octanol–water partition coefficient (Wildman–Crippen LogP) is 16.0. The van der Waals surface area contributed by atoms with Crippen molar-refractivity contribution in [1.82, 2.24) is 0 Å². The molecular weight excluding hydrogens is 703 g/mol. The van der Waals surface area contributed by atoms with Gasteiger partial charge in [-0.2, -0.15) is 0 Å². The molecule has 0 saturated heterocycles. The second kappa shape index (κ2) is 14.1. The van der Waals surface area contributed by atoms with Gasteiger partial charge in [-0.05, 0) is 115 Å². The molecule has 0 fully saturated rings. The molecule has 272 valence electrons. The van der Waals surface area contributed by atoms with Crippen molar-refractivity contribution < 1.29 is 4.42 Å². The Morgan fingerprint density at radius 1 is 0.276 bits per heavy atom. The molecule has 0 atom stereocenters. The summed E-state index contributed by atoms with van der Waals surface area (Å²) in [6, 6.07) is 80.7. The molecule has 0 aliphatic rings. The van der Waals surface area contributed by atoms with Gasteiger partial charge in [0.05, 0.1) is 0 Å². The van der Waals surface area contributed by atoms with Crippen molar-refractivity contribution in [2.24, 2.45) is 0 Å². The molecule has 1 heterocycles. The Labute approximate surface area is 337 Å². The first-order valence-corrected chi connectivity index (χ1v) is 19.8. The summed E-state index contributed by atoms with van der Waals surface area (Å²) >= 11 is 0. The molecule has 0 saturated carbocycles. The minimum absolute atomic E-state index is 0.850. The third kappa shape index (κ3) is 6.09. The van der Waals surface area contributed by atoms with Crippen molar-refractivity contribution in [3.8, 4) is 44.5 Å². The van der Waals surface area contributed by atoms with Crippen LogP contribution in [0.25, 0.3) is 88.0 Å². The lowest BCUT2D eigenvalue weighted by atomic mass is 9.95. The number of hydrogen-bond donors (Lipinski definition) is 0. The highest BCUT2D eigenvalue weighted by Crippen LogP contribution is 2.43. The zero-order chi connectivity index (χ0) is 38.4. The van der Waals surface area contributed by atoms with Crippen molar-refractivity contribution >= 4 is 60.5 Å². The van der Waals surface area contributed by atoms with Crippen LogP contribution in [0.15, 0.2) is 229 Å². The molecule has 2 heteroatoms. The summed E-state index contributed by atoms with van der Waals surface area (Å²) in [4.78, 5) is 2.37. The molecule has 0 spiro atoms. The zero-order valence-corrected chi connectivity index (χ0v) is 31.7. The normalized spacial score (nSPS) is 11.4. The highest BCUT2D eigenvalue weighted by Gasteiger charge is 2.19. The molecule has 11 rings (SSSR count). The van der Waals surface area contributed by atoms with Crippen molar-refractivity contribution in [2.45, 2.75) is 0 Å². The molecule has 0 aliphatic heterocycles. The molecule has 0 aliphatic carbocycles. The van der Waals surface area contributed by atoms with E-state index in [1.165, 1.54) is 43.8 Å². The van der Waals surface area contributed by atoms with Gasteiger partial charge in [0, 0.05) is 39.5 Å². The Kier molecular flexibility index (Phi) is 8.19. The maximum absolute atomic E-state index is 6.81. The summed E-state index contributed by atoms with van der Waals surface area (Å²) < 4.78 is 6.81. The van der Waals surface area contributed by atoms with Crippen molar-refractivity contribution in [3.63, 3.8) is 0 Å². The quantitative estimate of drug-likeness (QED) is 0.162. The van der Waals surface area contributed by atoms with E-state index in [1.54, 1.807) is 0 Å². The zero-order valence-electron chi connectivity index (χ0n) is 31.7. The molecule has 10 aromatic carbocycles. The SMILES string of the molecule is c1ccc(-c2cc(-c3ccc4ccccc4c3)cc(N(c3ccc(-c4ccc5ccccc5c4)cc3)c3ccc4c(c3)oc3c(-c5ccccc5)cccc34)c2)cc1.